The lowest BCUT2D eigenvalue weighted by Crippen LogP contribution is -1.98. The first-order valence-electron chi connectivity index (χ1n) is 5.37. The summed E-state index contributed by atoms with van der Waals surface area (Å²) in [5.74, 6) is 0. The van der Waals surface area contributed by atoms with Crippen molar-refractivity contribution in [2.45, 2.75) is 13.5 Å². The number of aromatic amines is 1. The second-order valence-corrected chi connectivity index (χ2v) is 3.91. The highest BCUT2D eigenvalue weighted by atomic mass is 16.3. The third-order valence-corrected chi connectivity index (χ3v) is 2.84. The van der Waals surface area contributed by atoms with Gasteiger partial charge in [-0.05, 0) is 24.6 Å². The topological polar surface area (TPSA) is 80.7 Å². The van der Waals surface area contributed by atoms with Gasteiger partial charge in [0, 0.05) is 17.8 Å². The summed E-state index contributed by atoms with van der Waals surface area (Å²) in [7, 11) is 0. The summed E-state index contributed by atoms with van der Waals surface area (Å²) in [6, 6.07) is 5.89. The average Bonchev–Trinajstić information content (AvgIpc) is 2.93. The van der Waals surface area contributed by atoms with E-state index < -0.39 is 0 Å². The fraction of sp³-hybridized carbons (Fsp3) is 0.167. The molecule has 5 heteroatoms. The number of nitrogens with one attached hydrogen (secondary N) is 1. The highest BCUT2D eigenvalue weighted by Crippen LogP contribution is 2.28. The summed E-state index contributed by atoms with van der Waals surface area (Å²) in [5, 5.41) is 7.13. The van der Waals surface area contributed by atoms with Crippen LogP contribution in [0.15, 0.2) is 29.0 Å². The van der Waals surface area contributed by atoms with Gasteiger partial charge in [0.1, 0.15) is 5.52 Å². The fourth-order valence-electron chi connectivity index (χ4n) is 2.02. The van der Waals surface area contributed by atoms with Crippen molar-refractivity contribution in [2.75, 3.05) is 0 Å². The van der Waals surface area contributed by atoms with Gasteiger partial charge in [-0.15, -0.1) is 0 Å². The molecule has 86 valence electrons. The molecular formula is C12H12N4O. The molecular weight excluding hydrogens is 216 g/mol. The standard InChI is InChI=1S/C12H12N4O/c1-7-12(10(5-13)16-15-7)8-2-3-9-11(4-8)17-6-14-9/h2-4,6H,5,13H2,1H3,(H,15,16). The molecule has 1 aromatic carbocycles. The molecule has 0 bridgehead atoms. The van der Waals surface area contributed by atoms with Gasteiger partial charge in [-0.2, -0.15) is 5.10 Å². The van der Waals surface area contributed by atoms with Crippen LogP contribution in [0.5, 0.6) is 0 Å². The zero-order chi connectivity index (χ0) is 11.8. The predicted molar refractivity (Wildman–Crippen MR) is 64.2 cm³/mol. The first-order chi connectivity index (χ1) is 8.29. The second-order valence-electron chi connectivity index (χ2n) is 3.91. The van der Waals surface area contributed by atoms with Crippen LogP contribution in [0.2, 0.25) is 0 Å². The summed E-state index contributed by atoms with van der Waals surface area (Å²) in [4.78, 5) is 4.09. The monoisotopic (exact) mass is 228 g/mol. The van der Waals surface area contributed by atoms with E-state index in [9.17, 15) is 0 Å². The van der Waals surface area contributed by atoms with Gasteiger partial charge in [0.05, 0.1) is 5.69 Å². The van der Waals surface area contributed by atoms with Crippen LogP contribution >= 0.6 is 0 Å². The number of hydrogen-bond donors (Lipinski definition) is 2. The molecule has 0 spiro atoms. The van der Waals surface area contributed by atoms with Gasteiger partial charge in [-0.25, -0.2) is 4.98 Å². The average molecular weight is 228 g/mol. The van der Waals surface area contributed by atoms with E-state index >= 15 is 0 Å². The molecule has 0 aliphatic heterocycles. The lowest BCUT2D eigenvalue weighted by Gasteiger charge is -2.02. The maximum atomic E-state index is 5.68. The molecule has 5 nitrogen and oxygen atoms in total. The molecule has 0 atom stereocenters. The molecule has 2 aromatic heterocycles. The molecule has 0 amide bonds. The Balaban J connectivity index is 2.22. The van der Waals surface area contributed by atoms with Crippen molar-refractivity contribution in [2.24, 2.45) is 5.73 Å². The Hall–Kier alpha value is -2.14. The molecule has 3 N–H and O–H groups in total. The maximum Gasteiger partial charge on any atom is 0.181 e. The minimum absolute atomic E-state index is 0.411. The van der Waals surface area contributed by atoms with E-state index in [1.807, 2.05) is 25.1 Å². The van der Waals surface area contributed by atoms with Crippen molar-refractivity contribution in [3.8, 4) is 11.1 Å². The number of nitrogens with zero attached hydrogens (tertiary/aromatic N) is 2. The summed E-state index contributed by atoms with van der Waals surface area (Å²) in [5.41, 5.74) is 11.3. The van der Waals surface area contributed by atoms with Gasteiger partial charge in [0.2, 0.25) is 0 Å². The van der Waals surface area contributed by atoms with Crippen LogP contribution < -0.4 is 5.73 Å². The van der Waals surface area contributed by atoms with Crippen LogP contribution in [-0.4, -0.2) is 15.2 Å². The molecule has 3 aromatic rings. The normalized spacial score (nSPS) is 11.2. The van der Waals surface area contributed by atoms with E-state index in [0.29, 0.717) is 6.54 Å². The lowest BCUT2D eigenvalue weighted by atomic mass is 10.0. The van der Waals surface area contributed by atoms with Crippen molar-refractivity contribution < 1.29 is 4.42 Å². The summed E-state index contributed by atoms with van der Waals surface area (Å²) in [6.45, 7) is 2.39. The summed E-state index contributed by atoms with van der Waals surface area (Å²) >= 11 is 0. The van der Waals surface area contributed by atoms with Crippen molar-refractivity contribution in [1.82, 2.24) is 15.2 Å². The largest absolute Gasteiger partial charge is 0.443 e. The van der Waals surface area contributed by atoms with E-state index in [4.69, 9.17) is 10.2 Å². The van der Waals surface area contributed by atoms with Crippen molar-refractivity contribution >= 4 is 11.1 Å². The van der Waals surface area contributed by atoms with Crippen molar-refractivity contribution in [3.63, 3.8) is 0 Å². The van der Waals surface area contributed by atoms with E-state index in [1.54, 1.807) is 0 Å². The Morgan fingerprint density at radius 3 is 3.12 bits per heavy atom. The smallest absolute Gasteiger partial charge is 0.181 e. The molecule has 17 heavy (non-hydrogen) atoms. The van der Waals surface area contributed by atoms with E-state index in [0.717, 1.165) is 33.6 Å². The molecule has 0 fully saturated rings. The van der Waals surface area contributed by atoms with Crippen LogP contribution in [0.3, 0.4) is 0 Å². The maximum absolute atomic E-state index is 5.68. The third kappa shape index (κ3) is 1.52. The van der Waals surface area contributed by atoms with Crippen molar-refractivity contribution in [3.05, 3.63) is 36.0 Å². The number of fused-ring (bicyclic) bond motifs is 1. The van der Waals surface area contributed by atoms with Gasteiger partial charge < -0.3 is 10.2 Å². The first kappa shape index (κ1) is 10.0. The number of hydrogen-bond acceptors (Lipinski definition) is 4. The van der Waals surface area contributed by atoms with Crippen LogP contribution in [-0.2, 0) is 6.54 Å². The van der Waals surface area contributed by atoms with E-state index in [1.165, 1.54) is 6.39 Å². The fourth-order valence-corrected chi connectivity index (χ4v) is 2.02. The number of aromatic nitrogens is 3. The molecule has 0 aliphatic rings. The van der Waals surface area contributed by atoms with Crippen molar-refractivity contribution in [1.29, 1.82) is 0 Å². The third-order valence-electron chi connectivity index (χ3n) is 2.84. The number of aryl methyl sites for hydroxylation is 1. The van der Waals surface area contributed by atoms with Gasteiger partial charge in [-0.3, -0.25) is 5.10 Å². The highest BCUT2D eigenvalue weighted by Gasteiger charge is 2.12. The predicted octanol–water partition coefficient (Wildman–Crippen LogP) is 1.99. The van der Waals surface area contributed by atoms with Gasteiger partial charge >= 0.3 is 0 Å². The van der Waals surface area contributed by atoms with E-state index in [-0.39, 0.29) is 0 Å². The number of rotatable bonds is 2. The number of H-pyrrole nitrogens is 1. The summed E-state index contributed by atoms with van der Waals surface area (Å²) < 4.78 is 5.30. The Morgan fingerprint density at radius 1 is 1.41 bits per heavy atom. The second kappa shape index (κ2) is 3.71. The minimum atomic E-state index is 0.411. The SMILES string of the molecule is Cc1[nH]nc(CN)c1-c1ccc2ncoc2c1. The van der Waals surface area contributed by atoms with Crippen LogP contribution in [0.25, 0.3) is 22.2 Å². The Kier molecular flexibility index (Phi) is 2.19. The quantitative estimate of drug-likeness (QED) is 0.702. The number of oxazole rings is 1. The van der Waals surface area contributed by atoms with Crippen LogP contribution in [0, 0.1) is 6.92 Å². The van der Waals surface area contributed by atoms with E-state index in [2.05, 4.69) is 15.2 Å². The minimum Gasteiger partial charge on any atom is -0.443 e. The molecule has 0 saturated heterocycles. The molecule has 0 aliphatic carbocycles. The Bertz CT molecular complexity index is 668. The van der Waals surface area contributed by atoms with Crippen LogP contribution in [0.4, 0.5) is 0 Å². The zero-order valence-corrected chi connectivity index (χ0v) is 9.40. The van der Waals surface area contributed by atoms with Gasteiger partial charge in [-0.1, -0.05) is 6.07 Å². The van der Waals surface area contributed by atoms with Gasteiger partial charge in [0.15, 0.2) is 12.0 Å². The Labute approximate surface area is 97.7 Å². The van der Waals surface area contributed by atoms with Crippen LogP contribution in [0.1, 0.15) is 11.4 Å². The lowest BCUT2D eigenvalue weighted by molar-refractivity contribution is 0.602. The number of benzene rings is 1. The molecule has 0 saturated carbocycles. The zero-order valence-electron chi connectivity index (χ0n) is 9.40. The molecule has 0 radical (unpaired) electrons. The molecule has 0 unspecified atom stereocenters. The van der Waals surface area contributed by atoms with Gasteiger partial charge in [0.25, 0.3) is 0 Å². The Morgan fingerprint density at radius 2 is 2.29 bits per heavy atom. The first-order valence-corrected chi connectivity index (χ1v) is 5.37. The highest BCUT2D eigenvalue weighted by molar-refractivity contribution is 5.81. The summed E-state index contributed by atoms with van der Waals surface area (Å²) in [6.07, 6.45) is 1.44. The molecule has 2 heterocycles. The molecule has 3 rings (SSSR count). The number of nitrogens with two attached hydrogens (primary N) is 1.